The second kappa shape index (κ2) is 9.41. The number of hydrogen-bond acceptors (Lipinski definition) is 2. The van der Waals surface area contributed by atoms with Gasteiger partial charge in [-0.25, -0.2) is 4.98 Å². The first-order valence-electron chi connectivity index (χ1n) is 13.5. The van der Waals surface area contributed by atoms with Gasteiger partial charge in [0.1, 0.15) is 5.82 Å². The van der Waals surface area contributed by atoms with Crippen molar-refractivity contribution in [1.82, 2.24) is 9.55 Å². The minimum atomic E-state index is 0.914. The van der Waals surface area contributed by atoms with Crippen molar-refractivity contribution in [2.75, 3.05) is 0 Å². The average molecular weight is 529 g/mol. The summed E-state index contributed by atoms with van der Waals surface area (Å²) < 4.78 is 2.38. The van der Waals surface area contributed by atoms with E-state index in [-0.39, 0.29) is 0 Å². The van der Waals surface area contributed by atoms with Crippen molar-refractivity contribution in [3.63, 3.8) is 0 Å². The van der Waals surface area contributed by atoms with Crippen molar-refractivity contribution in [1.29, 1.82) is 0 Å². The Morgan fingerprint density at radius 1 is 0.500 bits per heavy atom. The van der Waals surface area contributed by atoms with Gasteiger partial charge in [-0.3, -0.25) is 4.57 Å². The molecule has 0 radical (unpaired) electrons. The third kappa shape index (κ3) is 3.70. The van der Waals surface area contributed by atoms with Gasteiger partial charge in [-0.05, 0) is 47.0 Å². The fourth-order valence-electron chi connectivity index (χ4n) is 5.82. The van der Waals surface area contributed by atoms with Gasteiger partial charge >= 0.3 is 0 Å². The lowest BCUT2D eigenvalue weighted by Gasteiger charge is -2.16. The molecule has 3 heteroatoms. The van der Waals surface area contributed by atoms with Crippen molar-refractivity contribution in [3.05, 3.63) is 146 Å². The Hall–Kier alpha value is -4.86. The fraction of sp³-hybridized carbons (Fsp3) is 0. The van der Waals surface area contributed by atoms with Crippen LogP contribution in [-0.2, 0) is 0 Å². The molecule has 8 rings (SSSR count). The molecule has 0 fully saturated rings. The Kier molecular flexibility index (Phi) is 5.42. The fourth-order valence-corrected chi connectivity index (χ4v) is 6.91. The van der Waals surface area contributed by atoms with Crippen molar-refractivity contribution >= 4 is 22.7 Å². The molecular weight excluding hydrogens is 504 g/mol. The van der Waals surface area contributed by atoms with Gasteiger partial charge in [0.05, 0.1) is 16.9 Å². The van der Waals surface area contributed by atoms with Crippen molar-refractivity contribution in [3.8, 4) is 50.6 Å². The van der Waals surface area contributed by atoms with Crippen LogP contribution < -0.4 is 0 Å². The Balaban J connectivity index is 1.52. The third-order valence-corrected chi connectivity index (χ3v) is 8.76. The zero-order chi connectivity index (χ0) is 26.5. The quantitative estimate of drug-likeness (QED) is 0.227. The summed E-state index contributed by atoms with van der Waals surface area (Å²) in [5.41, 5.74) is 10.5. The van der Waals surface area contributed by atoms with E-state index in [1.165, 1.54) is 43.1 Å². The maximum absolute atomic E-state index is 5.35. The van der Waals surface area contributed by atoms with E-state index in [9.17, 15) is 0 Å². The number of rotatable bonds is 3. The summed E-state index contributed by atoms with van der Waals surface area (Å²) in [7, 11) is 0. The Labute approximate surface area is 237 Å². The van der Waals surface area contributed by atoms with Crippen LogP contribution in [0.15, 0.2) is 155 Å². The van der Waals surface area contributed by atoms with Gasteiger partial charge in [-0.2, -0.15) is 0 Å². The predicted molar refractivity (Wildman–Crippen MR) is 167 cm³/mol. The number of hydrogen-bond donors (Lipinski definition) is 0. The molecule has 0 atom stereocenters. The first-order chi connectivity index (χ1) is 19.8. The molecule has 188 valence electrons. The van der Waals surface area contributed by atoms with Crippen LogP contribution in [0.3, 0.4) is 0 Å². The van der Waals surface area contributed by atoms with E-state index in [0.29, 0.717) is 0 Å². The van der Waals surface area contributed by atoms with E-state index < -0.39 is 0 Å². The van der Waals surface area contributed by atoms with Crippen LogP contribution >= 0.6 is 11.8 Å². The van der Waals surface area contributed by atoms with Crippen LogP contribution in [0.4, 0.5) is 0 Å². The van der Waals surface area contributed by atoms with Crippen LogP contribution in [0.5, 0.6) is 0 Å². The highest BCUT2D eigenvalue weighted by molar-refractivity contribution is 7.99. The van der Waals surface area contributed by atoms with Crippen LogP contribution in [0.2, 0.25) is 0 Å². The predicted octanol–water partition coefficient (Wildman–Crippen LogP) is 10.2. The van der Waals surface area contributed by atoms with Gasteiger partial charge in [0.2, 0.25) is 0 Å². The van der Waals surface area contributed by atoms with Gasteiger partial charge in [-0.15, -0.1) is 0 Å². The number of fused-ring (bicyclic) bond motifs is 7. The lowest BCUT2D eigenvalue weighted by atomic mass is 9.98. The lowest BCUT2D eigenvalue weighted by Crippen LogP contribution is -2.02. The molecule has 0 bridgehead atoms. The molecule has 3 heterocycles. The average Bonchev–Trinajstić information content (AvgIpc) is 3.29. The number of nitrogens with zero attached hydrogens (tertiary/aromatic N) is 2. The molecule has 1 aliphatic heterocycles. The molecule has 5 aromatic carbocycles. The normalized spacial score (nSPS) is 11.9. The molecular formula is C37H24N2S. The zero-order valence-electron chi connectivity index (χ0n) is 21.7. The summed E-state index contributed by atoms with van der Waals surface area (Å²) in [6.07, 6.45) is 0. The molecule has 0 amide bonds. The Morgan fingerprint density at radius 2 is 1.10 bits per heavy atom. The highest BCUT2D eigenvalue weighted by atomic mass is 32.2. The molecule has 1 aliphatic rings. The maximum Gasteiger partial charge on any atom is 0.138 e. The zero-order valence-corrected chi connectivity index (χ0v) is 22.5. The smallest absolute Gasteiger partial charge is 0.138 e. The molecule has 0 unspecified atom stereocenters. The van der Waals surface area contributed by atoms with Gasteiger partial charge in [0.15, 0.2) is 0 Å². The summed E-state index contributed by atoms with van der Waals surface area (Å²) in [5.74, 6) is 0.914. The molecule has 40 heavy (non-hydrogen) atoms. The molecule has 2 aromatic heterocycles. The third-order valence-electron chi connectivity index (χ3n) is 7.61. The molecule has 2 nitrogen and oxygen atoms in total. The molecule has 0 aliphatic carbocycles. The minimum Gasteiger partial charge on any atom is -0.293 e. The first kappa shape index (κ1) is 23.1. The standard InChI is InChI=1S/C37H24N2S/c1-3-13-25(14-4-1)27-23-31(26-15-5-2-6-16-26)38-35(24-27)39-32-20-10-7-17-28(32)36-29-18-8-11-21-33(29)40-34-22-12-9-19-30(34)37(36)39/h1-24H. The number of benzene rings is 5. The monoisotopic (exact) mass is 528 g/mol. The molecule has 0 spiro atoms. The highest BCUT2D eigenvalue weighted by Gasteiger charge is 2.28. The topological polar surface area (TPSA) is 17.8 Å². The van der Waals surface area contributed by atoms with Crippen LogP contribution in [0, 0.1) is 0 Å². The van der Waals surface area contributed by atoms with Crippen LogP contribution in [-0.4, -0.2) is 9.55 Å². The SMILES string of the molecule is c1ccc(-c2cc(-c3ccccc3)nc(-n3c4c(c5ccccc53)-c3ccccc3Sc3ccccc3-4)c2)cc1. The first-order valence-corrected chi connectivity index (χ1v) is 14.3. The van der Waals surface area contributed by atoms with Crippen molar-refractivity contribution < 1.29 is 0 Å². The molecule has 7 aromatic rings. The largest absolute Gasteiger partial charge is 0.293 e. The van der Waals surface area contributed by atoms with E-state index in [1.54, 1.807) is 0 Å². The summed E-state index contributed by atoms with van der Waals surface area (Å²) in [6.45, 7) is 0. The van der Waals surface area contributed by atoms with Crippen LogP contribution in [0.25, 0.3) is 61.5 Å². The number of aromatic nitrogens is 2. The van der Waals surface area contributed by atoms with E-state index in [1.807, 2.05) is 11.8 Å². The van der Waals surface area contributed by atoms with E-state index in [0.717, 1.165) is 28.2 Å². The maximum atomic E-state index is 5.35. The molecule has 0 saturated carbocycles. The Morgan fingerprint density at radius 3 is 1.88 bits per heavy atom. The van der Waals surface area contributed by atoms with Gasteiger partial charge in [0, 0.05) is 31.9 Å². The van der Waals surface area contributed by atoms with Crippen molar-refractivity contribution in [2.45, 2.75) is 9.79 Å². The van der Waals surface area contributed by atoms with E-state index >= 15 is 0 Å². The number of para-hydroxylation sites is 1. The summed E-state index contributed by atoms with van der Waals surface area (Å²) in [6, 6.07) is 51.8. The van der Waals surface area contributed by atoms with Crippen molar-refractivity contribution in [2.24, 2.45) is 0 Å². The summed E-state index contributed by atoms with van der Waals surface area (Å²) in [5, 5.41) is 1.23. The van der Waals surface area contributed by atoms with Gasteiger partial charge in [-0.1, -0.05) is 127 Å². The second-order valence-electron chi connectivity index (χ2n) is 10.0. The highest BCUT2D eigenvalue weighted by Crippen LogP contribution is 2.52. The summed E-state index contributed by atoms with van der Waals surface area (Å²) >= 11 is 1.84. The second-order valence-corrected chi connectivity index (χ2v) is 11.1. The minimum absolute atomic E-state index is 0.914. The molecule has 0 saturated heterocycles. The molecule has 0 N–H and O–H groups in total. The van der Waals surface area contributed by atoms with Crippen LogP contribution in [0.1, 0.15) is 0 Å². The van der Waals surface area contributed by atoms with Gasteiger partial charge < -0.3 is 0 Å². The lowest BCUT2D eigenvalue weighted by molar-refractivity contribution is 1.05. The van der Waals surface area contributed by atoms with E-state index in [4.69, 9.17) is 4.98 Å². The van der Waals surface area contributed by atoms with E-state index in [2.05, 4.69) is 150 Å². The number of pyridine rings is 1. The van der Waals surface area contributed by atoms with Gasteiger partial charge in [0.25, 0.3) is 0 Å². The Bertz CT molecular complexity index is 1970. The summed E-state index contributed by atoms with van der Waals surface area (Å²) in [4.78, 5) is 7.87.